The van der Waals surface area contributed by atoms with Crippen molar-refractivity contribution in [3.05, 3.63) is 34.9 Å². The van der Waals surface area contributed by atoms with Gasteiger partial charge in [0.1, 0.15) is 0 Å². The van der Waals surface area contributed by atoms with Crippen molar-refractivity contribution in [3.63, 3.8) is 0 Å². The number of rotatable bonds is 6. The Morgan fingerprint density at radius 2 is 1.95 bits per heavy atom. The fourth-order valence-corrected chi connectivity index (χ4v) is 3.22. The normalized spacial score (nSPS) is 17.9. The van der Waals surface area contributed by atoms with E-state index in [0.29, 0.717) is 11.1 Å². The summed E-state index contributed by atoms with van der Waals surface area (Å²) in [6.07, 6.45) is 3.32. The van der Waals surface area contributed by atoms with Gasteiger partial charge < -0.3 is 5.32 Å². The van der Waals surface area contributed by atoms with Gasteiger partial charge in [0.05, 0.1) is 6.04 Å². The monoisotopic (exact) mass is 308 g/mol. The van der Waals surface area contributed by atoms with Crippen molar-refractivity contribution in [3.8, 4) is 0 Å². The Balaban J connectivity index is 2.10. The summed E-state index contributed by atoms with van der Waals surface area (Å²) >= 11 is 5.90. The van der Waals surface area contributed by atoms with E-state index in [1.807, 2.05) is 19.1 Å². The van der Waals surface area contributed by atoms with Crippen molar-refractivity contribution in [1.82, 2.24) is 10.2 Å². The lowest BCUT2D eigenvalue weighted by Gasteiger charge is -2.38. The SMILES string of the molecule is CCCN(C1CCNCC1)C(C)C(=O)c1ccc(Cl)cc1. The largest absolute Gasteiger partial charge is 0.317 e. The van der Waals surface area contributed by atoms with Gasteiger partial charge in [-0.15, -0.1) is 0 Å². The van der Waals surface area contributed by atoms with Gasteiger partial charge in [0.15, 0.2) is 5.78 Å². The predicted octanol–water partition coefficient (Wildman–Crippen LogP) is 3.38. The number of carbonyl (C=O) groups excluding carboxylic acids is 1. The molecule has 1 aromatic rings. The highest BCUT2D eigenvalue weighted by Crippen LogP contribution is 2.19. The van der Waals surface area contributed by atoms with Crippen molar-refractivity contribution in [2.75, 3.05) is 19.6 Å². The number of carbonyl (C=O) groups is 1. The van der Waals surface area contributed by atoms with Crippen LogP contribution in [0, 0.1) is 0 Å². The number of nitrogens with zero attached hydrogens (tertiary/aromatic N) is 1. The second-order valence-corrected chi connectivity index (χ2v) is 6.20. The first-order valence-corrected chi connectivity index (χ1v) is 8.27. The quantitative estimate of drug-likeness (QED) is 0.818. The van der Waals surface area contributed by atoms with Crippen molar-refractivity contribution >= 4 is 17.4 Å². The standard InChI is InChI=1S/C17H25ClN2O/c1-3-12-20(16-8-10-19-11-9-16)13(2)17(21)14-4-6-15(18)7-5-14/h4-7,13,16,19H,3,8-12H2,1-2H3. The summed E-state index contributed by atoms with van der Waals surface area (Å²) in [5, 5.41) is 4.06. The number of Topliss-reactive ketones (excluding diaryl/α,β-unsaturated/α-hetero) is 1. The molecule has 0 aliphatic carbocycles. The van der Waals surface area contributed by atoms with Crippen LogP contribution in [0.15, 0.2) is 24.3 Å². The van der Waals surface area contributed by atoms with Crippen molar-refractivity contribution < 1.29 is 4.79 Å². The van der Waals surface area contributed by atoms with E-state index in [9.17, 15) is 4.79 Å². The van der Waals surface area contributed by atoms with Gasteiger partial charge in [-0.05, 0) is 70.1 Å². The van der Waals surface area contributed by atoms with Crippen molar-refractivity contribution in [2.45, 2.75) is 45.2 Å². The lowest BCUT2D eigenvalue weighted by molar-refractivity contribution is 0.0711. The van der Waals surface area contributed by atoms with Crippen molar-refractivity contribution in [1.29, 1.82) is 0 Å². The van der Waals surface area contributed by atoms with Crippen LogP contribution in [0.3, 0.4) is 0 Å². The summed E-state index contributed by atoms with van der Waals surface area (Å²) in [6, 6.07) is 7.67. The van der Waals surface area contributed by atoms with Crippen LogP contribution >= 0.6 is 11.6 Å². The number of hydrogen-bond acceptors (Lipinski definition) is 3. The predicted molar refractivity (Wildman–Crippen MR) is 88.1 cm³/mol. The summed E-state index contributed by atoms with van der Waals surface area (Å²) in [7, 11) is 0. The maximum atomic E-state index is 12.7. The van der Waals surface area contributed by atoms with Crippen LogP contribution in [0.2, 0.25) is 5.02 Å². The third-order valence-corrected chi connectivity index (χ3v) is 4.52. The maximum absolute atomic E-state index is 12.7. The van der Waals surface area contributed by atoms with Gasteiger partial charge in [-0.25, -0.2) is 0 Å². The van der Waals surface area contributed by atoms with Crippen LogP contribution in [0.4, 0.5) is 0 Å². The van der Waals surface area contributed by atoms with Crippen molar-refractivity contribution in [2.24, 2.45) is 0 Å². The average Bonchev–Trinajstić information content (AvgIpc) is 2.53. The number of nitrogens with one attached hydrogen (secondary N) is 1. The Morgan fingerprint density at radius 1 is 1.33 bits per heavy atom. The molecule has 1 N–H and O–H groups in total. The first kappa shape index (κ1) is 16.5. The van der Waals surface area contributed by atoms with Gasteiger partial charge in [-0.1, -0.05) is 18.5 Å². The molecule has 1 aliphatic heterocycles. The smallest absolute Gasteiger partial charge is 0.179 e. The van der Waals surface area contributed by atoms with Gasteiger partial charge in [0.2, 0.25) is 0 Å². The molecule has 3 nitrogen and oxygen atoms in total. The molecule has 0 bridgehead atoms. The van der Waals surface area contributed by atoms with Gasteiger partial charge in [0, 0.05) is 16.6 Å². The molecule has 0 amide bonds. The maximum Gasteiger partial charge on any atom is 0.179 e. The second-order valence-electron chi connectivity index (χ2n) is 5.77. The molecule has 1 unspecified atom stereocenters. The molecule has 1 fully saturated rings. The molecule has 1 aliphatic rings. The third kappa shape index (κ3) is 4.29. The van der Waals surface area contributed by atoms with Crippen LogP contribution in [0.25, 0.3) is 0 Å². The van der Waals surface area contributed by atoms with E-state index in [-0.39, 0.29) is 11.8 Å². The summed E-state index contributed by atoms with van der Waals surface area (Å²) in [6.45, 7) is 7.28. The van der Waals surface area contributed by atoms with E-state index in [4.69, 9.17) is 11.6 Å². The fraction of sp³-hybridized carbons (Fsp3) is 0.588. The van der Waals surface area contributed by atoms with Gasteiger partial charge >= 0.3 is 0 Å². The molecular weight excluding hydrogens is 284 g/mol. The third-order valence-electron chi connectivity index (χ3n) is 4.27. The highest BCUT2D eigenvalue weighted by molar-refractivity contribution is 6.30. The molecule has 21 heavy (non-hydrogen) atoms. The number of benzene rings is 1. The van der Waals surface area contributed by atoms with E-state index in [0.717, 1.165) is 44.5 Å². The molecule has 1 heterocycles. The van der Waals surface area contributed by atoms with E-state index in [2.05, 4.69) is 17.1 Å². The Morgan fingerprint density at radius 3 is 2.52 bits per heavy atom. The van der Waals surface area contributed by atoms with E-state index in [1.54, 1.807) is 12.1 Å². The Labute approximate surface area is 132 Å². The van der Waals surface area contributed by atoms with E-state index < -0.39 is 0 Å². The second kappa shape index (κ2) is 7.92. The molecule has 4 heteroatoms. The summed E-state index contributed by atoms with van der Waals surface area (Å²) in [4.78, 5) is 15.1. The molecular formula is C17H25ClN2O. The minimum atomic E-state index is -0.0748. The Kier molecular flexibility index (Phi) is 6.22. The van der Waals surface area contributed by atoms with E-state index in [1.165, 1.54) is 0 Å². The zero-order chi connectivity index (χ0) is 15.2. The number of hydrogen-bond donors (Lipinski definition) is 1. The first-order valence-electron chi connectivity index (χ1n) is 7.89. The Bertz CT molecular complexity index is 454. The highest BCUT2D eigenvalue weighted by Gasteiger charge is 2.28. The van der Waals surface area contributed by atoms with Crippen LogP contribution in [-0.2, 0) is 0 Å². The highest BCUT2D eigenvalue weighted by atomic mass is 35.5. The first-order chi connectivity index (χ1) is 10.1. The van der Waals surface area contributed by atoms with E-state index >= 15 is 0 Å². The molecule has 116 valence electrons. The van der Waals surface area contributed by atoms with Gasteiger partial charge in [-0.3, -0.25) is 9.69 Å². The molecule has 2 rings (SSSR count). The lowest BCUT2D eigenvalue weighted by Crippen LogP contribution is -2.50. The zero-order valence-corrected chi connectivity index (χ0v) is 13.7. The number of halogens is 1. The molecule has 0 saturated carbocycles. The Hall–Kier alpha value is -0.900. The molecule has 0 aromatic heterocycles. The number of piperidine rings is 1. The zero-order valence-electron chi connectivity index (χ0n) is 12.9. The minimum Gasteiger partial charge on any atom is -0.317 e. The molecule has 0 spiro atoms. The van der Waals surface area contributed by atoms with Crippen LogP contribution < -0.4 is 5.32 Å². The summed E-state index contributed by atoms with van der Waals surface area (Å²) in [5.41, 5.74) is 0.752. The average molecular weight is 309 g/mol. The van der Waals surface area contributed by atoms with Gasteiger partial charge in [0.25, 0.3) is 0 Å². The summed E-state index contributed by atoms with van der Waals surface area (Å²) < 4.78 is 0. The molecule has 1 aromatic carbocycles. The molecule has 1 saturated heterocycles. The molecule has 1 atom stereocenters. The van der Waals surface area contributed by atoms with Crippen LogP contribution in [-0.4, -0.2) is 42.4 Å². The summed E-state index contributed by atoms with van der Waals surface area (Å²) in [5.74, 6) is 0.193. The minimum absolute atomic E-state index is 0.0748. The lowest BCUT2D eigenvalue weighted by atomic mass is 9.98. The van der Waals surface area contributed by atoms with Gasteiger partial charge in [-0.2, -0.15) is 0 Å². The van der Waals surface area contributed by atoms with Crippen LogP contribution in [0.1, 0.15) is 43.5 Å². The fourth-order valence-electron chi connectivity index (χ4n) is 3.09. The topological polar surface area (TPSA) is 32.3 Å². The molecule has 0 radical (unpaired) electrons. The number of ketones is 1. The van der Waals surface area contributed by atoms with Crippen LogP contribution in [0.5, 0.6) is 0 Å².